The van der Waals surface area contributed by atoms with Gasteiger partial charge in [0.15, 0.2) is 5.16 Å². The highest BCUT2D eigenvalue weighted by atomic mass is 32.2. The van der Waals surface area contributed by atoms with Crippen molar-refractivity contribution in [2.24, 2.45) is 0 Å². The third-order valence-electron chi connectivity index (χ3n) is 4.24. The number of benzene rings is 2. The van der Waals surface area contributed by atoms with Crippen molar-refractivity contribution < 1.29 is 4.79 Å². The highest BCUT2D eigenvalue weighted by molar-refractivity contribution is 7.99. The minimum atomic E-state index is -0.132. The molecule has 0 radical (unpaired) electrons. The van der Waals surface area contributed by atoms with Crippen LogP contribution in [0.1, 0.15) is 11.5 Å². The zero-order chi connectivity index (χ0) is 20.2. The number of carbonyl (C=O) groups is 1. The Kier molecular flexibility index (Phi) is 5.44. The van der Waals surface area contributed by atoms with E-state index in [1.807, 2.05) is 85.1 Å². The first-order valence-electron chi connectivity index (χ1n) is 9.14. The van der Waals surface area contributed by atoms with Gasteiger partial charge in [0.25, 0.3) is 0 Å². The molecule has 0 aliphatic heterocycles. The Bertz CT molecular complexity index is 1120. The predicted molar refractivity (Wildman–Crippen MR) is 114 cm³/mol. The number of thioether (sulfide) groups is 1. The van der Waals surface area contributed by atoms with E-state index < -0.39 is 0 Å². The molecule has 4 aromatic rings. The largest absolute Gasteiger partial charge is 0.310 e. The zero-order valence-corrected chi connectivity index (χ0v) is 16.9. The molecule has 8 heteroatoms. The Balaban J connectivity index is 1.48. The fourth-order valence-corrected chi connectivity index (χ4v) is 3.77. The van der Waals surface area contributed by atoms with Crippen LogP contribution in [0, 0.1) is 13.8 Å². The summed E-state index contributed by atoms with van der Waals surface area (Å²) < 4.78 is 3.67. The highest BCUT2D eigenvalue weighted by Gasteiger charge is 2.15. The summed E-state index contributed by atoms with van der Waals surface area (Å²) in [6, 6.07) is 21.4. The van der Waals surface area contributed by atoms with E-state index in [0.717, 1.165) is 22.9 Å². The minimum Gasteiger partial charge on any atom is -0.310 e. The van der Waals surface area contributed by atoms with Crippen molar-refractivity contribution in [1.29, 1.82) is 0 Å². The van der Waals surface area contributed by atoms with Gasteiger partial charge in [0.1, 0.15) is 11.6 Å². The maximum absolute atomic E-state index is 12.6. The fourth-order valence-electron chi connectivity index (χ4n) is 2.97. The third-order valence-corrected chi connectivity index (χ3v) is 5.17. The predicted octanol–water partition coefficient (Wildman–Crippen LogP) is 3.80. The van der Waals surface area contributed by atoms with E-state index in [1.165, 1.54) is 11.8 Å². The second-order valence-electron chi connectivity index (χ2n) is 6.46. The minimum absolute atomic E-state index is 0.132. The lowest BCUT2D eigenvalue weighted by atomic mass is 10.3. The first-order valence-corrected chi connectivity index (χ1v) is 10.1. The van der Waals surface area contributed by atoms with Crippen molar-refractivity contribution in [3.05, 3.63) is 78.2 Å². The molecule has 0 fully saturated rings. The second-order valence-corrected chi connectivity index (χ2v) is 7.40. The molecular formula is C21H20N6OS. The summed E-state index contributed by atoms with van der Waals surface area (Å²) in [5, 5.41) is 16.5. The van der Waals surface area contributed by atoms with Gasteiger partial charge in [-0.05, 0) is 38.1 Å². The van der Waals surface area contributed by atoms with Gasteiger partial charge in [0.05, 0.1) is 17.1 Å². The number of hydrogen-bond acceptors (Lipinski definition) is 5. The lowest BCUT2D eigenvalue weighted by Gasteiger charge is -2.10. The van der Waals surface area contributed by atoms with Crippen molar-refractivity contribution >= 4 is 23.5 Å². The maximum Gasteiger partial charge on any atom is 0.236 e. The number of nitrogens with one attached hydrogen (secondary N) is 1. The Morgan fingerprint density at radius 3 is 2.31 bits per heavy atom. The van der Waals surface area contributed by atoms with Crippen LogP contribution in [0.3, 0.4) is 0 Å². The van der Waals surface area contributed by atoms with E-state index in [2.05, 4.69) is 20.6 Å². The van der Waals surface area contributed by atoms with Crippen LogP contribution in [0.15, 0.2) is 71.9 Å². The quantitative estimate of drug-likeness (QED) is 0.495. The molecule has 2 aromatic heterocycles. The van der Waals surface area contributed by atoms with Crippen LogP contribution in [0.5, 0.6) is 0 Å². The van der Waals surface area contributed by atoms with Crippen LogP contribution in [0.25, 0.3) is 11.4 Å². The molecule has 7 nitrogen and oxygen atoms in total. The van der Waals surface area contributed by atoms with Crippen LogP contribution in [0.4, 0.5) is 5.82 Å². The number of amides is 1. The number of nitrogens with zero attached hydrogens (tertiary/aromatic N) is 5. The molecule has 1 amide bonds. The summed E-state index contributed by atoms with van der Waals surface area (Å²) in [6.07, 6.45) is 0. The maximum atomic E-state index is 12.6. The lowest BCUT2D eigenvalue weighted by molar-refractivity contribution is -0.113. The van der Waals surface area contributed by atoms with Gasteiger partial charge in [-0.3, -0.25) is 9.36 Å². The van der Waals surface area contributed by atoms with Crippen molar-refractivity contribution in [1.82, 2.24) is 24.5 Å². The zero-order valence-electron chi connectivity index (χ0n) is 16.1. The van der Waals surface area contributed by atoms with Crippen molar-refractivity contribution in [3.8, 4) is 11.4 Å². The number of hydrogen-bond donors (Lipinski definition) is 1. The van der Waals surface area contributed by atoms with Crippen molar-refractivity contribution in [2.45, 2.75) is 19.0 Å². The van der Waals surface area contributed by atoms with Crippen LogP contribution in [-0.4, -0.2) is 36.2 Å². The van der Waals surface area contributed by atoms with Gasteiger partial charge < -0.3 is 5.32 Å². The third kappa shape index (κ3) is 4.22. The summed E-state index contributed by atoms with van der Waals surface area (Å²) in [7, 11) is 0. The van der Waals surface area contributed by atoms with Crippen LogP contribution in [-0.2, 0) is 4.79 Å². The van der Waals surface area contributed by atoms with Crippen LogP contribution >= 0.6 is 11.8 Å². The van der Waals surface area contributed by atoms with Gasteiger partial charge >= 0.3 is 0 Å². The van der Waals surface area contributed by atoms with E-state index >= 15 is 0 Å². The molecule has 0 bridgehead atoms. The Hall–Kier alpha value is -3.39. The van der Waals surface area contributed by atoms with Crippen molar-refractivity contribution in [2.75, 3.05) is 11.1 Å². The summed E-state index contributed by atoms with van der Waals surface area (Å²) >= 11 is 1.35. The standard InChI is InChI=1S/C21H20N6OS/c1-15-13-19(27(25-15)18-11-7-4-8-12-18)22-20(28)14-29-21-24-23-16(2)26(21)17-9-5-3-6-10-17/h3-13H,14H2,1-2H3,(H,22,28). The molecule has 0 spiro atoms. The molecule has 1 N–H and O–H groups in total. The van der Waals surface area contributed by atoms with Gasteiger partial charge in [0, 0.05) is 11.8 Å². The van der Waals surface area contributed by atoms with Crippen LogP contribution < -0.4 is 5.32 Å². The molecule has 4 rings (SSSR count). The summed E-state index contributed by atoms with van der Waals surface area (Å²) in [6.45, 7) is 3.79. The molecule has 0 aliphatic rings. The number of para-hydroxylation sites is 2. The highest BCUT2D eigenvalue weighted by Crippen LogP contribution is 2.22. The van der Waals surface area contributed by atoms with Gasteiger partial charge in [-0.1, -0.05) is 48.2 Å². The monoisotopic (exact) mass is 404 g/mol. The molecule has 2 heterocycles. The van der Waals surface area contributed by atoms with E-state index in [9.17, 15) is 4.79 Å². The van der Waals surface area contributed by atoms with Gasteiger partial charge in [-0.2, -0.15) is 5.10 Å². The first kappa shape index (κ1) is 18.9. The second kappa shape index (κ2) is 8.32. The molecule has 0 unspecified atom stereocenters. The molecule has 146 valence electrons. The summed E-state index contributed by atoms with van der Waals surface area (Å²) in [5.74, 6) is 1.49. The Labute approximate surface area is 172 Å². The van der Waals surface area contributed by atoms with Gasteiger partial charge in [-0.15, -0.1) is 10.2 Å². The van der Waals surface area contributed by atoms with E-state index in [1.54, 1.807) is 4.68 Å². The van der Waals surface area contributed by atoms with E-state index in [4.69, 9.17) is 0 Å². The van der Waals surface area contributed by atoms with E-state index in [0.29, 0.717) is 11.0 Å². The normalized spacial score (nSPS) is 10.8. The lowest BCUT2D eigenvalue weighted by Crippen LogP contribution is -2.17. The van der Waals surface area contributed by atoms with Gasteiger partial charge in [-0.25, -0.2) is 4.68 Å². The molecule has 29 heavy (non-hydrogen) atoms. The molecule has 0 atom stereocenters. The number of aryl methyl sites for hydroxylation is 2. The number of rotatable bonds is 6. The summed E-state index contributed by atoms with van der Waals surface area (Å²) in [4.78, 5) is 12.6. The average molecular weight is 404 g/mol. The summed E-state index contributed by atoms with van der Waals surface area (Å²) in [5.41, 5.74) is 2.69. The smallest absolute Gasteiger partial charge is 0.236 e. The first-order chi connectivity index (χ1) is 14.1. The Morgan fingerprint density at radius 2 is 1.62 bits per heavy atom. The van der Waals surface area contributed by atoms with E-state index in [-0.39, 0.29) is 11.7 Å². The topological polar surface area (TPSA) is 77.6 Å². The fraction of sp³-hybridized carbons (Fsp3) is 0.143. The van der Waals surface area contributed by atoms with Crippen molar-refractivity contribution in [3.63, 3.8) is 0 Å². The molecule has 0 saturated heterocycles. The number of aromatic nitrogens is 5. The van der Waals surface area contributed by atoms with Crippen LogP contribution in [0.2, 0.25) is 0 Å². The van der Waals surface area contributed by atoms with Gasteiger partial charge in [0.2, 0.25) is 5.91 Å². The molecular weight excluding hydrogens is 384 g/mol. The average Bonchev–Trinajstić information content (AvgIpc) is 3.29. The SMILES string of the molecule is Cc1cc(NC(=O)CSc2nnc(C)n2-c2ccccc2)n(-c2ccccc2)n1. The molecule has 0 aliphatic carbocycles. The molecule has 2 aromatic carbocycles. The number of carbonyl (C=O) groups excluding carboxylic acids is 1. The number of anilines is 1. The molecule has 0 saturated carbocycles. The Morgan fingerprint density at radius 1 is 0.966 bits per heavy atom.